The van der Waals surface area contributed by atoms with E-state index < -0.39 is 6.36 Å². The van der Waals surface area contributed by atoms with Crippen LogP contribution in [0.25, 0.3) is 0 Å². The van der Waals surface area contributed by atoms with E-state index in [-0.39, 0.29) is 24.0 Å². The molecule has 1 heterocycles. The van der Waals surface area contributed by atoms with Crippen LogP contribution >= 0.6 is 0 Å². The molecule has 0 radical (unpaired) electrons. The molecule has 0 fully saturated rings. The molecule has 150 valence electrons. The van der Waals surface area contributed by atoms with Gasteiger partial charge in [-0.05, 0) is 48.9 Å². The van der Waals surface area contributed by atoms with Crippen molar-refractivity contribution in [1.82, 2.24) is 10.3 Å². The van der Waals surface area contributed by atoms with Crippen LogP contribution in [-0.4, -0.2) is 17.3 Å². The Labute approximate surface area is 165 Å². The van der Waals surface area contributed by atoms with Gasteiger partial charge in [-0.2, -0.15) is 0 Å². The summed E-state index contributed by atoms with van der Waals surface area (Å²) in [5.74, 6) is -0.0254. The first kappa shape index (κ1) is 20.2. The third-order valence-corrected chi connectivity index (χ3v) is 3.80. The van der Waals surface area contributed by atoms with Gasteiger partial charge < -0.3 is 14.8 Å². The van der Waals surface area contributed by atoms with Gasteiger partial charge in [0, 0.05) is 24.5 Å². The lowest BCUT2D eigenvalue weighted by Gasteiger charge is -2.11. The highest BCUT2D eigenvalue weighted by Crippen LogP contribution is 2.29. The number of hydrogen-bond donors (Lipinski definition) is 1. The molecule has 29 heavy (non-hydrogen) atoms. The highest BCUT2D eigenvalue weighted by atomic mass is 19.4. The Morgan fingerprint density at radius 3 is 2.38 bits per heavy atom. The van der Waals surface area contributed by atoms with Crippen LogP contribution in [0.4, 0.5) is 13.2 Å². The molecule has 1 amide bonds. The van der Waals surface area contributed by atoms with Crippen LogP contribution < -0.4 is 14.8 Å². The fourth-order valence-corrected chi connectivity index (χ4v) is 2.48. The van der Waals surface area contributed by atoms with Crippen molar-refractivity contribution in [1.29, 1.82) is 0 Å². The van der Waals surface area contributed by atoms with Crippen LogP contribution in [0.3, 0.4) is 0 Å². The second kappa shape index (κ2) is 8.64. The maximum atomic E-state index is 12.3. The minimum Gasteiger partial charge on any atom is -0.457 e. The average molecular weight is 402 g/mol. The van der Waals surface area contributed by atoms with Gasteiger partial charge in [-0.3, -0.25) is 9.78 Å². The molecule has 2 aromatic carbocycles. The third-order valence-electron chi connectivity index (χ3n) is 3.80. The molecule has 1 aromatic heterocycles. The Morgan fingerprint density at radius 2 is 1.69 bits per heavy atom. The summed E-state index contributed by atoms with van der Waals surface area (Å²) in [4.78, 5) is 16.3. The summed E-state index contributed by atoms with van der Waals surface area (Å²) in [7, 11) is 0. The summed E-state index contributed by atoms with van der Waals surface area (Å²) < 4.78 is 46.5. The second-order valence-electron chi connectivity index (χ2n) is 6.14. The number of halogens is 3. The summed E-state index contributed by atoms with van der Waals surface area (Å²) in [6.45, 7) is 2.08. The van der Waals surface area contributed by atoms with E-state index >= 15 is 0 Å². The molecule has 0 bridgehead atoms. The fourth-order valence-electron chi connectivity index (χ4n) is 2.48. The lowest BCUT2D eigenvalue weighted by molar-refractivity contribution is -0.274. The van der Waals surface area contributed by atoms with Crippen LogP contribution in [-0.2, 0) is 6.54 Å². The van der Waals surface area contributed by atoms with Crippen LogP contribution in [0.15, 0.2) is 66.9 Å². The van der Waals surface area contributed by atoms with Crippen molar-refractivity contribution in [3.63, 3.8) is 0 Å². The molecule has 0 aliphatic carbocycles. The number of carbonyl (C=O) groups excluding carboxylic acids is 1. The number of hydrogen-bond acceptors (Lipinski definition) is 4. The normalized spacial score (nSPS) is 11.0. The number of carbonyl (C=O) groups is 1. The maximum absolute atomic E-state index is 12.3. The van der Waals surface area contributed by atoms with E-state index in [1.807, 2.05) is 6.92 Å². The van der Waals surface area contributed by atoms with Gasteiger partial charge in [0.15, 0.2) is 0 Å². The number of aromatic nitrogens is 1. The van der Waals surface area contributed by atoms with Crippen molar-refractivity contribution in [2.24, 2.45) is 0 Å². The minimum absolute atomic E-state index is 0.193. The lowest BCUT2D eigenvalue weighted by Crippen LogP contribution is -2.22. The number of alkyl halides is 3. The summed E-state index contributed by atoms with van der Waals surface area (Å²) >= 11 is 0. The molecule has 3 rings (SSSR count). The monoisotopic (exact) mass is 402 g/mol. The predicted octanol–water partition coefficient (Wildman–Crippen LogP) is 5.01. The van der Waals surface area contributed by atoms with Gasteiger partial charge in [0.1, 0.15) is 17.2 Å². The summed E-state index contributed by atoms with van der Waals surface area (Å²) in [6.07, 6.45) is -3.27. The number of benzene rings is 2. The van der Waals surface area contributed by atoms with Gasteiger partial charge in [0.05, 0.1) is 5.56 Å². The zero-order valence-electron chi connectivity index (χ0n) is 15.4. The minimum atomic E-state index is -4.77. The van der Waals surface area contributed by atoms with E-state index in [1.54, 1.807) is 36.4 Å². The zero-order chi connectivity index (χ0) is 20.9. The first-order chi connectivity index (χ1) is 13.8. The van der Waals surface area contributed by atoms with E-state index in [4.69, 9.17) is 4.74 Å². The van der Waals surface area contributed by atoms with Crippen molar-refractivity contribution < 1.29 is 27.4 Å². The molecule has 1 N–H and O–H groups in total. The highest BCUT2D eigenvalue weighted by molar-refractivity contribution is 5.93. The molecule has 0 saturated heterocycles. The van der Waals surface area contributed by atoms with Crippen molar-refractivity contribution in [2.45, 2.75) is 19.8 Å². The first-order valence-electron chi connectivity index (χ1n) is 8.62. The van der Waals surface area contributed by atoms with Crippen LogP contribution in [0.1, 0.15) is 21.6 Å². The molecule has 0 spiro atoms. The Balaban J connectivity index is 1.63. The van der Waals surface area contributed by atoms with Crippen LogP contribution in [0, 0.1) is 6.92 Å². The van der Waals surface area contributed by atoms with Gasteiger partial charge >= 0.3 is 6.36 Å². The quantitative estimate of drug-likeness (QED) is 0.630. The van der Waals surface area contributed by atoms with Gasteiger partial charge in [0.2, 0.25) is 0 Å². The smallest absolute Gasteiger partial charge is 0.457 e. The van der Waals surface area contributed by atoms with Crippen molar-refractivity contribution >= 4 is 5.91 Å². The Morgan fingerprint density at radius 1 is 1.00 bits per heavy atom. The Bertz CT molecular complexity index is 989. The van der Waals surface area contributed by atoms with E-state index in [9.17, 15) is 18.0 Å². The van der Waals surface area contributed by atoms with Crippen molar-refractivity contribution in [2.75, 3.05) is 0 Å². The van der Waals surface area contributed by atoms with E-state index in [0.29, 0.717) is 11.3 Å². The summed E-state index contributed by atoms with van der Waals surface area (Å²) in [5.41, 5.74) is 2.03. The molecule has 8 heteroatoms. The second-order valence-corrected chi connectivity index (χ2v) is 6.14. The third kappa shape index (κ3) is 6.24. The number of rotatable bonds is 6. The highest BCUT2D eigenvalue weighted by Gasteiger charge is 2.31. The number of pyridine rings is 1. The maximum Gasteiger partial charge on any atom is 0.573 e. The molecular weight excluding hydrogens is 385 g/mol. The van der Waals surface area contributed by atoms with Crippen molar-refractivity contribution in [3.8, 4) is 17.2 Å². The number of amides is 1. The van der Waals surface area contributed by atoms with Gasteiger partial charge in [-0.25, -0.2) is 0 Å². The van der Waals surface area contributed by atoms with Gasteiger partial charge in [0.25, 0.3) is 5.91 Å². The topological polar surface area (TPSA) is 60.5 Å². The molecular formula is C21H17F3N2O3. The predicted molar refractivity (Wildman–Crippen MR) is 99.8 cm³/mol. The zero-order valence-corrected chi connectivity index (χ0v) is 15.4. The van der Waals surface area contributed by atoms with Gasteiger partial charge in [-0.1, -0.05) is 18.2 Å². The summed E-state index contributed by atoms with van der Waals surface area (Å²) in [6, 6.07) is 15.5. The fraction of sp³-hybridized carbons (Fsp3) is 0.143. The Hall–Kier alpha value is -3.55. The molecule has 5 nitrogen and oxygen atoms in total. The molecule has 0 aliphatic heterocycles. The van der Waals surface area contributed by atoms with E-state index in [1.165, 1.54) is 24.4 Å². The molecule has 0 saturated carbocycles. The van der Waals surface area contributed by atoms with E-state index in [0.717, 1.165) is 17.3 Å². The van der Waals surface area contributed by atoms with E-state index in [2.05, 4.69) is 15.0 Å². The lowest BCUT2D eigenvalue weighted by atomic mass is 10.2. The van der Waals surface area contributed by atoms with Crippen LogP contribution in [0.5, 0.6) is 17.2 Å². The SMILES string of the molecule is Cc1ccc(C(=O)NCc2cccc(Oc3cccc(OC(F)(F)F)c3)c2)cn1. The average Bonchev–Trinajstić information content (AvgIpc) is 2.66. The molecule has 3 aromatic rings. The number of aryl methyl sites for hydroxylation is 1. The number of nitrogens with one attached hydrogen (secondary N) is 1. The Kier molecular flexibility index (Phi) is 6.01. The number of ether oxygens (including phenoxy) is 2. The first-order valence-corrected chi connectivity index (χ1v) is 8.62. The molecule has 0 unspecified atom stereocenters. The standard InChI is InChI=1S/C21H17F3N2O3/c1-14-8-9-16(13-25-14)20(27)26-12-15-4-2-5-17(10-15)28-18-6-3-7-19(11-18)29-21(22,23)24/h2-11,13H,12H2,1H3,(H,26,27). The molecule has 0 aliphatic rings. The van der Waals surface area contributed by atoms with Gasteiger partial charge in [-0.15, -0.1) is 13.2 Å². The molecule has 0 atom stereocenters. The largest absolute Gasteiger partial charge is 0.573 e. The van der Waals surface area contributed by atoms with Crippen molar-refractivity contribution in [3.05, 3.63) is 83.7 Å². The summed E-state index contributed by atoms with van der Waals surface area (Å²) in [5, 5.41) is 2.78. The van der Waals surface area contributed by atoms with Crippen LogP contribution in [0.2, 0.25) is 0 Å². The number of nitrogens with zero attached hydrogens (tertiary/aromatic N) is 1.